The molecule has 31 heavy (non-hydrogen) atoms. The quantitative estimate of drug-likeness (QED) is 0.468. The molecule has 166 valence electrons. The van der Waals surface area contributed by atoms with Crippen molar-refractivity contribution in [1.82, 2.24) is 9.21 Å². The molecule has 0 aliphatic carbocycles. The van der Waals surface area contributed by atoms with Crippen LogP contribution in [0, 0.1) is 10.1 Å². The molecule has 0 spiro atoms. The number of ether oxygens (including phenoxy) is 2. The van der Waals surface area contributed by atoms with Crippen molar-refractivity contribution in [3.05, 3.63) is 58.6 Å². The maximum Gasteiger partial charge on any atom is 0.269 e. The Morgan fingerprint density at radius 3 is 2.06 bits per heavy atom. The van der Waals surface area contributed by atoms with E-state index in [1.807, 2.05) is 0 Å². The molecule has 2 aromatic rings. The van der Waals surface area contributed by atoms with Crippen LogP contribution in [0.2, 0.25) is 0 Å². The summed E-state index contributed by atoms with van der Waals surface area (Å²) in [4.78, 5) is 24.6. The van der Waals surface area contributed by atoms with Crippen molar-refractivity contribution in [2.45, 2.75) is 17.9 Å². The van der Waals surface area contributed by atoms with Crippen LogP contribution >= 0.6 is 0 Å². The molecule has 1 aliphatic rings. The summed E-state index contributed by atoms with van der Waals surface area (Å²) in [5.41, 5.74) is -0.0690. The third-order valence-corrected chi connectivity index (χ3v) is 6.87. The zero-order valence-corrected chi connectivity index (χ0v) is 17.9. The van der Waals surface area contributed by atoms with Gasteiger partial charge in [-0.05, 0) is 43.3 Å². The first-order valence-electron chi connectivity index (χ1n) is 9.56. The number of nitro benzene ring substituents is 1. The van der Waals surface area contributed by atoms with Gasteiger partial charge in [-0.15, -0.1) is 0 Å². The second-order valence-electron chi connectivity index (χ2n) is 6.92. The second-order valence-corrected chi connectivity index (χ2v) is 8.85. The predicted octanol–water partition coefficient (Wildman–Crippen LogP) is 1.90. The summed E-state index contributed by atoms with van der Waals surface area (Å²) in [7, 11) is -2.16. The third-order valence-electron chi connectivity index (χ3n) is 4.96. The van der Waals surface area contributed by atoms with Gasteiger partial charge in [0.25, 0.3) is 11.6 Å². The zero-order chi connectivity index (χ0) is 22.6. The highest BCUT2D eigenvalue weighted by molar-refractivity contribution is 7.89. The van der Waals surface area contributed by atoms with Gasteiger partial charge in [-0.3, -0.25) is 14.9 Å². The van der Waals surface area contributed by atoms with Gasteiger partial charge in [-0.25, -0.2) is 8.42 Å². The fraction of sp³-hybridized carbons (Fsp3) is 0.350. The summed E-state index contributed by atoms with van der Waals surface area (Å²) in [6, 6.07) is 11.6. The molecule has 0 N–H and O–H groups in total. The van der Waals surface area contributed by atoms with Crippen molar-refractivity contribution in [3.8, 4) is 11.5 Å². The minimum atomic E-state index is -3.66. The van der Waals surface area contributed by atoms with Gasteiger partial charge in [-0.1, -0.05) is 0 Å². The Hall–Kier alpha value is -3.18. The predicted molar refractivity (Wildman–Crippen MR) is 112 cm³/mol. The summed E-state index contributed by atoms with van der Waals surface area (Å²) < 4.78 is 37.6. The number of carbonyl (C=O) groups is 1. The fourth-order valence-corrected chi connectivity index (χ4v) is 4.63. The van der Waals surface area contributed by atoms with E-state index in [4.69, 9.17) is 9.47 Å². The third kappa shape index (κ3) is 5.12. The zero-order valence-electron chi connectivity index (χ0n) is 17.1. The Bertz CT molecular complexity index is 1030. The largest absolute Gasteiger partial charge is 0.497 e. The highest BCUT2D eigenvalue weighted by atomic mass is 32.2. The molecule has 0 bridgehead atoms. The van der Waals surface area contributed by atoms with E-state index in [0.717, 1.165) is 0 Å². The number of nitro groups is 1. The lowest BCUT2D eigenvalue weighted by Gasteiger charge is -2.35. The fourth-order valence-electron chi connectivity index (χ4n) is 3.20. The molecule has 1 atom stereocenters. The first-order valence-corrected chi connectivity index (χ1v) is 11.0. The summed E-state index contributed by atoms with van der Waals surface area (Å²) in [6.07, 6.45) is -0.814. The summed E-state index contributed by atoms with van der Waals surface area (Å²) in [5.74, 6) is 0.628. The Balaban J connectivity index is 1.57. The Kier molecular flexibility index (Phi) is 6.76. The number of rotatable bonds is 7. The van der Waals surface area contributed by atoms with Gasteiger partial charge >= 0.3 is 0 Å². The minimum absolute atomic E-state index is 0.0690. The van der Waals surface area contributed by atoms with Gasteiger partial charge in [0.05, 0.1) is 16.9 Å². The SMILES string of the molecule is COc1ccc(S(=O)(=O)N2CCN(C(=O)C(C)Oc3ccc([N+](=O)[O-])cc3)CC2)cc1. The number of carbonyl (C=O) groups excluding carboxylic acids is 1. The maximum atomic E-state index is 12.8. The van der Waals surface area contributed by atoms with Crippen LogP contribution in [0.1, 0.15) is 6.92 Å². The first kappa shape index (κ1) is 22.5. The second kappa shape index (κ2) is 9.31. The number of hydrogen-bond donors (Lipinski definition) is 0. The summed E-state index contributed by atoms with van der Waals surface area (Å²) in [6.45, 7) is 2.41. The number of hydrogen-bond acceptors (Lipinski definition) is 7. The topological polar surface area (TPSA) is 119 Å². The standard InChI is InChI=1S/C20H23N3O7S/c1-15(30-18-5-3-16(4-6-18)23(25)26)20(24)21-11-13-22(14-12-21)31(27,28)19-9-7-17(29-2)8-10-19/h3-10,15H,11-14H2,1-2H3. The lowest BCUT2D eigenvalue weighted by molar-refractivity contribution is -0.384. The van der Waals surface area contributed by atoms with Crippen molar-refractivity contribution in [2.75, 3.05) is 33.3 Å². The number of piperazine rings is 1. The van der Waals surface area contributed by atoms with Gasteiger partial charge < -0.3 is 14.4 Å². The van der Waals surface area contributed by atoms with Gasteiger partial charge in [0.15, 0.2) is 6.10 Å². The van der Waals surface area contributed by atoms with Crippen LogP contribution in [0.25, 0.3) is 0 Å². The van der Waals surface area contributed by atoms with Crippen molar-refractivity contribution in [1.29, 1.82) is 0 Å². The smallest absolute Gasteiger partial charge is 0.269 e. The van der Waals surface area contributed by atoms with E-state index in [1.54, 1.807) is 24.0 Å². The average molecular weight is 449 g/mol. The average Bonchev–Trinajstić information content (AvgIpc) is 2.79. The van der Waals surface area contributed by atoms with E-state index in [0.29, 0.717) is 11.5 Å². The number of sulfonamides is 1. The van der Waals surface area contributed by atoms with Crippen LogP contribution in [0.4, 0.5) is 5.69 Å². The molecule has 1 aliphatic heterocycles. The highest BCUT2D eigenvalue weighted by Crippen LogP contribution is 2.22. The molecule has 0 radical (unpaired) electrons. The van der Waals surface area contributed by atoms with Gasteiger partial charge in [0, 0.05) is 38.3 Å². The van der Waals surface area contributed by atoms with Crippen molar-refractivity contribution < 1.29 is 27.6 Å². The number of benzene rings is 2. The molecule has 2 aromatic carbocycles. The van der Waals surface area contributed by atoms with E-state index >= 15 is 0 Å². The Labute approximate surface area is 180 Å². The lowest BCUT2D eigenvalue weighted by Crippen LogP contribution is -2.53. The molecule has 1 fully saturated rings. The number of amides is 1. The molecule has 0 saturated carbocycles. The molecule has 1 heterocycles. The minimum Gasteiger partial charge on any atom is -0.497 e. The number of non-ortho nitro benzene ring substituents is 1. The van der Waals surface area contributed by atoms with Crippen LogP contribution in [-0.4, -0.2) is 67.8 Å². The van der Waals surface area contributed by atoms with Crippen molar-refractivity contribution >= 4 is 21.6 Å². The Morgan fingerprint density at radius 1 is 1.00 bits per heavy atom. The molecule has 11 heteroatoms. The monoisotopic (exact) mass is 449 g/mol. The molecule has 1 amide bonds. The first-order chi connectivity index (χ1) is 14.7. The number of methoxy groups -OCH3 is 1. The lowest BCUT2D eigenvalue weighted by atomic mass is 10.2. The van der Waals surface area contributed by atoms with Crippen molar-refractivity contribution in [2.24, 2.45) is 0 Å². The molecule has 10 nitrogen and oxygen atoms in total. The number of nitrogens with zero attached hydrogens (tertiary/aromatic N) is 3. The molecular weight excluding hydrogens is 426 g/mol. The molecule has 1 unspecified atom stereocenters. The Morgan fingerprint density at radius 2 is 1.55 bits per heavy atom. The molecular formula is C20H23N3O7S. The normalized spacial score (nSPS) is 15.9. The maximum absolute atomic E-state index is 12.8. The van der Waals surface area contributed by atoms with E-state index in [9.17, 15) is 23.3 Å². The van der Waals surface area contributed by atoms with Crippen LogP contribution in [0.15, 0.2) is 53.4 Å². The van der Waals surface area contributed by atoms with Gasteiger partial charge in [0.2, 0.25) is 10.0 Å². The van der Waals surface area contributed by atoms with Crippen molar-refractivity contribution in [3.63, 3.8) is 0 Å². The van der Waals surface area contributed by atoms with Crippen LogP contribution in [-0.2, 0) is 14.8 Å². The molecule has 1 saturated heterocycles. The van der Waals surface area contributed by atoms with E-state index in [2.05, 4.69) is 0 Å². The summed E-state index contributed by atoms with van der Waals surface area (Å²) in [5, 5.41) is 10.7. The van der Waals surface area contributed by atoms with Crippen LogP contribution < -0.4 is 9.47 Å². The van der Waals surface area contributed by atoms with Crippen LogP contribution in [0.3, 0.4) is 0 Å². The van der Waals surface area contributed by atoms with Gasteiger partial charge in [0.1, 0.15) is 11.5 Å². The highest BCUT2D eigenvalue weighted by Gasteiger charge is 2.32. The van der Waals surface area contributed by atoms with E-state index in [1.165, 1.54) is 47.8 Å². The van der Waals surface area contributed by atoms with Crippen LogP contribution in [0.5, 0.6) is 11.5 Å². The van der Waals surface area contributed by atoms with E-state index < -0.39 is 21.1 Å². The van der Waals surface area contributed by atoms with E-state index in [-0.39, 0.29) is 42.7 Å². The summed E-state index contributed by atoms with van der Waals surface area (Å²) >= 11 is 0. The molecule has 0 aromatic heterocycles. The van der Waals surface area contributed by atoms with Gasteiger partial charge in [-0.2, -0.15) is 4.31 Å². The molecule has 3 rings (SSSR count).